The van der Waals surface area contributed by atoms with Gasteiger partial charge in [0.1, 0.15) is 12.6 Å². The van der Waals surface area contributed by atoms with Crippen molar-refractivity contribution in [2.24, 2.45) is 11.5 Å². The summed E-state index contributed by atoms with van der Waals surface area (Å²) < 4.78 is 17.9. The van der Waals surface area contributed by atoms with E-state index in [-0.39, 0.29) is 40.3 Å². The average Bonchev–Trinajstić information content (AvgIpc) is 3.35. The fraction of sp³-hybridized carbons (Fsp3) is 0.444. The highest BCUT2D eigenvalue weighted by molar-refractivity contribution is 5.85. The van der Waals surface area contributed by atoms with Gasteiger partial charge >= 0.3 is 12.1 Å². The Kier molecular flexibility index (Phi) is 12.5. The van der Waals surface area contributed by atoms with Crippen LogP contribution in [0.5, 0.6) is 0 Å². The number of nitrogens with zero attached hydrogens (tertiary/aromatic N) is 3. The van der Waals surface area contributed by atoms with Crippen LogP contribution in [0.1, 0.15) is 50.8 Å². The Hall–Kier alpha value is -4.07. The van der Waals surface area contributed by atoms with Crippen LogP contribution in [0.4, 0.5) is 4.79 Å². The Labute approximate surface area is 233 Å². The molecule has 218 valence electrons. The van der Waals surface area contributed by atoms with Crippen molar-refractivity contribution in [1.29, 1.82) is 0 Å². The highest BCUT2D eigenvalue weighted by atomic mass is 16.5. The van der Waals surface area contributed by atoms with Crippen molar-refractivity contribution in [3.8, 4) is 0 Å². The molecule has 0 aliphatic heterocycles. The molecule has 13 heteroatoms. The van der Waals surface area contributed by atoms with Crippen molar-refractivity contribution in [2.45, 2.75) is 52.5 Å². The molecule has 0 saturated carbocycles. The van der Waals surface area contributed by atoms with E-state index in [1.807, 2.05) is 30.3 Å². The maximum absolute atomic E-state index is 12.8. The number of pyridine rings is 1. The summed E-state index contributed by atoms with van der Waals surface area (Å²) >= 11 is 0. The lowest BCUT2D eigenvalue weighted by Crippen LogP contribution is -2.51. The number of carbonyl (C=O) groups excluding carboxylic acids is 3. The molecule has 2 aromatic heterocycles. The molecule has 0 radical (unpaired) electrons. The number of amides is 2. The van der Waals surface area contributed by atoms with Crippen LogP contribution in [-0.4, -0.2) is 64.4 Å². The number of fused-ring (bicyclic) bond motifs is 1. The van der Waals surface area contributed by atoms with Gasteiger partial charge in [0.25, 0.3) is 0 Å². The van der Waals surface area contributed by atoms with Gasteiger partial charge in [0.15, 0.2) is 11.5 Å². The first-order chi connectivity index (χ1) is 18.7. The summed E-state index contributed by atoms with van der Waals surface area (Å²) in [4.78, 5) is 36.0. The number of rotatable bonds is 14. The molecular weight excluding hydrogens is 518 g/mol. The van der Waals surface area contributed by atoms with Gasteiger partial charge in [0.2, 0.25) is 5.91 Å². The van der Waals surface area contributed by atoms with Crippen LogP contribution in [0.25, 0.3) is 5.65 Å². The monoisotopic (exact) mass is 557 g/mol. The van der Waals surface area contributed by atoms with Crippen LogP contribution in [0.2, 0.25) is 0 Å². The Morgan fingerprint density at radius 1 is 1.02 bits per heavy atom. The summed E-state index contributed by atoms with van der Waals surface area (Å²) in [5.74, 6) is -0.500. The molecule has 3 aromatic rings. The van der Waals surface area contributed by atoms with E-state index >= 15 is 0 Å². The summed E-state index contributed by atoms with van der Waals surface area (Å²) in [6, 6.07) is 14.2. The SMILES string of the molecule is C.CC(C)(N)C(=O)N[C@H](COCc1ccccc1)c1nnc2cccc(COC(=O)NCCCOC(=O)CN)n12. The standard InChI is InChI=1S/C26H35N7O6.CH4/c1-26(2,28)24(35)30-20(17-37-15-18-8-4-3-5-9-18)23-32-31-21-11-6-10-19(33(21)23)16-39-25(36)29-12-7-13-38-22(34)14-27;/h3-6,8-11,20H,7,12-17,27-28H2,1-2H3,(H,29,36)(H,30,35);1H4/t20-;/m1./s1. The van der Waals surface area contributed by atoms with Crippen LogP contribution in [0, 0.1) is 0 Å². The number of benzene rings is 1. The minimum atomic E-state index is -1.13. The van der Waals surface area contributed by atoms with E-state index in [2.05, 4.69) is 20.8 Å². The van der Waals surface area contributed by atoms with Crippen LogP contribution >= 0.6 is 0 Å². The number of hydrogen-bond acceptors (Lipinski definition) is 10. The average molecular weight is 558 g/mol. The van der Waals surface area contributed by atoms with Crippen molar-refractivity contribution in [2.75, 3.05) is 26.3 Å². The second-order valence-corrected chi connectivity index (χ2v) is 9.30. The molecule has 0 spiro atoms. The fourth-order valence-corrected chi connectivity index (χ4v) is 3.46. The summed E-state index contributed by atoms with van der Waals surface area (Å²) in [5.41, 5.74) is 12.1. The predicted molar refractivity (Wildman–Crippen MR) is 148 cm³/mol. The topological polar surface area (TPSA) is 185 Å². The number of ether oxygens (including phenoxy) is 3. The molecule has 6 N–H and O–H groups in total. The summed E-state index contributed by atoms with van der Waals surface area (Å²) in [6.45, 7) is 3.74. The molecule has 3 rings (SSSR count). The number of hydrogen-bond donors (Lipinski definition) is 4. The van der Waals surface area contributed by atoms with E-state index in [0.29, 0.717) is 30.2 Å². The second-order valence-electron chi connectivity index (χ2n) is 9.30. The first kappa shape index (κ1) is 32.1. The quantitative estimate of drug-likeness (QED) is 0.168. The zero-order valence-corrected chi connectivity index (χ0v) is 22.1. The van der Waals surface area contributed by atoms with Crippen molar-refractivity contribution in [1.82, 2.24) is 25.2 Å². The minimum absolute atomic E-state index is 0. The van der Waals surface area contributed by atoms with Gasteiger partial charge in [-0.2, -0.15) is 0 Å². The van der Waals surface area contributed by atoms with Gasteiger partial charge in [-0.3, -0.25) is 14.0 Å². The normalized spacial score (nSPS) is 11.8. The van der Waals surface area contributed by atoms with Crippen LogP contribution in [0.15, 0.2) is 48.5 Å². The number of nitrogens with two attached hydrogens (primary N) is 2. The van der Waals surface area contributed by atoms with Gasteiger partial charge in [-0.15, -0.1) is 10.2 Å². The highest BCUT2D eigenvalue weighted by Gasteiger charge is 2.28. The maximum atomic E-state index is 12.8. The maximum Gasteiger partial charge on any atom is 0.407 e. The lowest BCUT2D eigenvalue weighted by atomic mass is 10.1. The van der Waals surface area contributed by atoms with Crippen molar-refractivity contribution in [3.05, 3.63) is 65.6 Å². The molecule has 2 amide bonds. The number of alkyl carbamates (subject to hydrolysis) is 1. The first-order valence-corrected chi connectivity index (χ1v) is 12.5. The first-order valence-electron chi connectivity index (χ1n) is 12.5. The number of esters is 1. The van der Waals surface area contributed by atoms with Crippen molar-refractivity contribution in [3.63, 3.8) is 0 Å². The van der Waals surface area contributed by atoms with Gasteiger partial charge in [0, 0.05) is 6.54 Å². The summed E-state index contributed by atoms with van der Waals surface area (Å²) in [5, 5.41) is 14.0. The van der Waals surface area contributed by atoms with E-state index in [1.165, 1.54) is 0 Å². The van der Waals surface area contributed by atoms with Gasteiger partial charge in [-0.1, -0.05) is 43.8 Å². The summed E-state index contributed by atoms with van der Waals surface area (Å²) in [6.07, 6.45) is -0.235. The second kappa shape index (κ2) is 15.5. The third kappa shape index (κ3) is 9.59. The zero-order valence-electron chi connectivity index (χ0n) is 22.1. The number of nitrogens with one attached hydrogen (secondary N) is 2. The molecule has 1 aromatic carbocycles. The number of aromatic nitrogens is 3. The smallest absolute Gasteiger partial charge is 0.407 e. The van der Waals surface area contributed by atoms with Crippen LogP contribution < -0.4 is 22.1 Å². The molecular formula is C27H39N7O6. The predicted octanol–water partition coefficient (Wildman–Crippen LogP) is 1.60. The van der Waals surface area contributed by atoms with Gasteiger partial charge in [-0.25, -0.2) is 4.79 Å². The lowest BCUT2D eigenvalue weighted by molar-refractivity contribution is -0.141. The van der Waals surface area contributed by atoms with Crippen molar-refractivity contribution >= 4 is 23.6 Å². The fourth-order valence-electron chi connectivity index (χ4n) is 3.46. The molecule has 0 bridgehead atoms. The van der Waals surface area contributed by atoms with E-state index in [0.717, 1.165) is 5.56 Å². The molecule has 0 aliphatic carbocycles. The molecule has 13 nitrogen and oxygen atoms in total. The molecule has 0 aliphatic rings. The Balaban J connectivity index is 0.00000560. The van der Waals surface area contributed by atoms with Crippen LogP contribution in [-0.2, 0) is 37.0 Å². The zero-order chi connectivity index (χ0) is 28.3. The molecule has 0 fully saturated rings. The Bertz CT molecular complexity index is 1240. The largest absolute Gasteiger partial charge is 0.465 e. The minimum Gasteiger partial charge on any atom is -0.465 e. The Morgan fingerprint density at radius 3 is 2.48 bits per heavy atom. The molecule has 1 atom stereocenters. The van der Waals surface area contributed by atoms with Crippen LogP contribution in [0.3, 0.4) is 0 Å². The lowest BCUT2D eigenvalue weighted by Gasteiger charge is -2.24. The third-order valence-corrected chi connectivity index (χ3v) is 5.50. The van der Waals surface area contributed by atoms with E-state index in [4.69, 9.17) is 25.7 Å². The molecule has 2 heterocycles. The third-order valence-electron chi connectivity index (χ3n) is 5.50. The number of carbonyl (C=O) groups is 3. The molecule has 0 saturated heterocycles. The van der Waals surface area contributed by atoms with E-state index < -0.39 is 29.6 Å². The molecule has 0 unspecified atom stereocenters. The summed E-state index contributed by atoms with van der Waals surface area (Å²) in [7, 11) is 0. The molecule has 40 heavy (non-hydrogen) atoms. The van der Waals surface area contributed by atoms with Gasteiger partial charge in [0.05, 0.1) is 37.6 Å². The van der Waals surface area contributed by atoms with Gasteiger partial charge < -0.3 is 36.3 Å². The highest BCUT2D eigenvalue weighted by Crippen LogP contribution is 2.18. The van der Waals surface area contributed by atoms with Gasteiger partial charge in [-0.05, 0) is 38.0 Å². The Morgan fingerprint density at radius 2 is 1.77 bits per heavy atom. The van der Waals surface area contributed by atoms with Crippen molar-refractivity contribution < 1.29 is 28.6 Å². The van der Waals surface area contributed by atoms with E-state index in [9.17, 15) is 14.4 Å². The van der Waals surface area contributed by atoms with E-state index in [1.54, 1.807) is 36.4 Å².